The van der Waals surface area contributed by atoms with E-state index in [0.29, 0.717) is 33.2 Å². The Labute approximate surface area is 147 Å². The first-order valence-corrected chi connectivity index (χ1v) is 8.85. The Morgan fingerprint density at radius 1 is 1.32 bits per heavy atom. The molecule has 0 unspecified atom stereocenters. The maximum Gasteiger partial charge on any atom is 0.320 e. The number of benzene rings is 1. The van der Waals surface area contributed by atoms with Crippen molar-refractivity contribution in [1.29, 1.82) is 0 Å². The van der Waals surface area contributed by atoms with Gasteiger partial charge >= 0.3 is 6.55 Å². The molecule has 0 saturated carbocycles. The van der Waals surface area contributed by atoms with Gasteiger partial charge < -0.3 is 5.32 Å². The molecule has 0 radical (unpaired) electrons. The molecule has 0 saturated heterocycles. The van der Waals surface area contributed by atoms with Gasteiger partial charge in [0.2, 0.25) is 5.91 Å². The van der Waals surface area contributed by atoms with E-state index in [2.05, 4.69) is 15.3 Å². The number of aryl methyl sites for hydroxylation is 1. The summed E-state index contributed by atoms with van der Waals surface area (Å²) in [5.74, 6) is 0.0461. The molecular formula is C17H18F2N4OS. The smallest absolute Gasteiger partial charge is 0.302 e. The number of anilines is 1. The molecule has 1 amide bonds. The highest BCUT2D eigenvalue weighted by Gasteiger charge is 2.22. The minimum absolute atomic E-state index is 0.121. The van der Waals surface area contributed by atoms with Crippen LogP contribution in [0.3, 0.4) is 0 Å². The third kappa shape index (κ3) is 3.53. The van der Waals surface area contributed by atoms with Gasteiger partial charge in [0.25, 0.3) is 0 Å². The molecule has 0 atom stereocenters. The second-order valence-electron chi connectivity index (χ2n) is 5.66. The van der Waals surface area contributed by atoms with Gasteiger partial charge in [-0.15, -0.1) is 0 Å². The summed E-state index contributed by atoms with van der Waals surface area (Å²) in [6.07, 6.45) is 2.14. The molecular weight excluding hydrogens is 346 g/mol. The summed E-state index contributed by atoms with van der Waals surface area (Å²) in [5.41, 5.74) is 1.43. The van der Waals surface area contributed by atoms with Crippen LogP contribution in [-0.2, 0) is 4.79 Å². The second-order valence-corrected chi connectivity index (χ2v) is 6.66. The number of nitrogens with one attached hydrogen (secondary N) is 1. The van der Waals surface area contributed by atoms with Gasteiger partial charge in [-0.25, -0.2) is 9.97 Å². The van der Waals surface area contributed by atoms with E-state index in [1.165, 1.54) is 0 Å². The van der Waals surface area contributed by atoms with Crippen LogP contribution in [0, 0.1) is 6.92 Å². The van der Waals surface area contributed by atoms with Crippen molar-refractivity contribution >= 4 is 33.4 Å². The van der Waals surface area contributed by atoms with Crippen LogP contribution in [0.5, 0.6) is 0 Å². The number of halogens is 2. The normalized spacial score (nSPS) is 11.4. The molecule has 132 valence electrons. The first-order valence-electron chi connectivity index (χ1n) is 8.04. The van der Waals surface area contributed by atoms with E-state index in [4.69, 9.17) is 0 Å². The van der Waals surface area contributed by atoms with E-state index < -0.39 is 6.55 Å². The molecule has 0 fully saturated rings. The summed E-state index contributed by atoms with van der Waals surface area (Å²) >= 11 is 1.16. The molecule has 5 nitrogen and oxygen atoms in total. The lowest BCUT2D eigenvalue weighted by atomic mass is 10.2. The summed E-state index contributed by atoms with van der Waals surface area (Å²) < 4.78 is 28.1. The predicted octanol–water partition coefficient (Wildman–Crippen LogP) is 4.99. The number of unbranched alkanes of at least 4 members (excludes halogenated alkanes) is 1. The van der Waals surface area contributed by atoms with Gasteiger partial charge in [0.1, 0.15) is 0 Å². The van der Waals surface area contributed by atoms with Crippen LogP contribution in [0.4, 0.5) is 13.9 Å². The monoisotopic (exact) mass is 364 g/mol. The first-order chi connectivity index (χ1) is 12.0. The van der Waals surface area contributed by atoms with Gasteiger partial charge in [0, 0.05) is 6.42 Å². The van der Waals surface area contributed by atoms with Crippen molar-refractivity contribution in [3.05, 3.63) is 30.0 Å². The maximum atomic E-state index is 13.6. The third-order valence-corrected chi connectivity index (χ3v) is 4.86. The lowest BCUT2D eigenvalue weighted by Gasteiger charge is -2.06. The van der Waals surface area contributed by atoms with Gasteiger partial charge in [0.15, 0.2) is 11.0 Å². The molecule has 1 aromatic carbocycles. The summed E-state index contributed by atoms with van der Waals surface area (Å²) in [4.78, 5) is 21.0. The largest absolute Gasteiger partial charge is 0.320 e. The molecule has 1 N–H and O–H groups in total. The number of fused-ring (bicyclic) bond motifs is 1. The number of carbonyl (C=O) groups is 1. The highest BCUT2D eigenvalue weighted by atomic mass is 32.1. The average molecular weight is 364 g/mol. The molecule has 3 aromatic rings. The molecule has 0 aliphatic rings. The topological polar surface area (TPSA) is 59.8 Å². The fraction of sp³-hybridized carbons (Fsp3) is 0.353. The van der Waals surface area contributed by atoms with Crippen molar-refractivity contribution in [1.82, 2.24) is 14.5 Å². The van der Waals surface area contributed by atoms with Crippen LogP contribution in [-0.4, -0.2) is 20.4 Å². The zero-order valence-electron chi connectivity index (χ0n) is 13.9. The SMILES string of the molecule is CCCCC(=O)Nc1nc(C)c(-c2nc3ccccc3n2C(F)F)s1. The predicted molar refractivity (Wildman–Crippen MR) is 95.0 cm³/mol. The number of alkyl halides is 2. The number of imidazole rings is 1. The van der Waals surface area contributed by atoms with Crippen molar-refractivity contribution < 1.29 is 13.6 Å². The number of thiazole rings is 1. The summed E-state index contributed by atoms with van der Waals surface area (Å²) in [7, 11) is 0. The molecule has 3 rings (SSSR count). The standard InChI is InChI=1S/C17H18F2N4OS/c1-3-4-9-13(24)22-17-20-10(2)14(25-17)15-21-11-7-5-6-8-12(11)23(15)16(18)19/h5-8,16H,3-4,9H2,1-2H3,(H,20,22,24). The van der Waals surface area contributed by atoms with Gasteiger partial charge in [-0.2, -0.15) is 8.78 Å². The number of hydrogen-bond donors (Lipinski definition) is 1. The van der Waals surface area contributed by atoms with Crippen molar-refractivity contribution in [3.8, 4) is 10.7 Å². The quantitative estimate of drug-likeness (QED) is 0.670. The molecule has 0 aliphatic carbocycles. The number of para-hydroxylation sites is 2. The number of hydrogen-bond acceptors (Lipinski definition) is 4. The number of amides is 1. The van der Waals surface area contributed by atoms with Gasteiger partial charge in [-0.1, -0.05) is 36.8 Å². The zero-order valence-corrected chi connectivity index (χ0v) is 14.7. The molecule has 0 bridgehead atoms. The summed E-state index contributed by atoms with van der Waals surface area (Å²) in [6.45, 7) is 1.02. The maximum absolute atomic E-state index is 13.6. The van der Waals surface area contributed by atoms with E-state index in [1.54, 1.807) is 31.2 Å². The van der Waals surface area contributed by atoms with Crippen LogP contribution in [0.15, 0.2) is 24.3 Å². The Hall–Kier alpha value is -2.35. The minimum Gasteiger partial charge on any atom is -0.302 e. The summed E-state index contributed by atoms with van der Waals surface area (Å²) in [5, 5.41) is 3.14. The highest BCUT2D eigenvalue weighted by molar-refractivity contribution is 7.19. The Bertz CT molecular complexity index is 903. The third-order valence-electron chi connectivity index (χ3n) is 3.79. The van der Waals surface area contributed by atoms with Crippen LogP contribution in [0.2, 0.25) is 0 Å². The van der Waals surface area contributed by atoms with Crippen molar-refractivity contribution in [2.45, 2.75) is 39.7 Å². The van der Waals surface area contributed by atoms with Gasteiger partial charge in [0.05, 0.1) is 21.6 Å². The Kier molecular flexibility index (Phi) is 5.08. The fourth-order valence-corrected chi connectivity index (χ4v) is 3.55. The number of nitrogens with zero attached hydrogens (tertiary/aromatic N) is 3. The lowest BCUT2D eigenvalue weighted by Crippen LogP contribution is -2.10. The van der Waals surface area contributed by atoms with Crippen molar-refractivity contribution in [2.24, 2.45) is 0 Å². The first kappa shape index (κ1) is 17.5. The number of rotatable bonds is 6. The Morgan fingerprint density at radius 2 is 2.08 bits per heavy atom. The number of aromatic nitrogens is 3. The Balaban J connectivity index is 1.98. The van der Waals surface area contributed by atoms with Crippen LogP contribution < -0.4 is 5.32 Å². The molecule has 8 heteroatoms. The van der Waals surface area contributed by atoms with E-state index in [0.717, 1.165) is 28.7 Å². The fourth-order valence-electron chi connectivity index (χ4n) is 2.58. The second kappa shape index (κ2) is 7.26. The minimum atomic E-state index is -2.72. The van der Waals surface area contributed by atoms with Crippen LogP contribution in [0.25, 0.3) is 21.7 Å². The van der Waals surface area contributed by atoms with Gasteiger partial charge in [-0.3, -0.25) is 9.36 Å². The highest BCUT2D eigenvalue weighted by Crippen LogP contribution is 2.36. The van der Waals surface area contributed by atoms with E-state index in [1.807, 2.05) is 6.92 Å². The Morgan fingerprint density at radius 3 is 2.80 bits per heavy atom. The van der Waals surface area contributed by atoms with Crippen molar-refractivity contribution in [3.63, 3.8) is 0 Å². The van der Waals surface area contributed by atoms with Gasteiger partial charge in [-0.05, 0) is 25.5 Å². The molecule has 2 heterocycles. The van der Waals surface area contributed by atoms with Crippen LogP contribution in [0.1, 0.15) is 38.4 Å². The van der Waals surface area contributed by atoms with E-state index in [9.17, 15) is 13.6 Å². The number of carbonyl (C=O) groups excluding carboxylic acids is 1. The van der Waals surface area contributed by atoms with Crippen molar-refractivity contribution in [2.75, 3.05) is 5.32 Å². The lowest BCUT2D eigenvalue weighted by molar-refractivity contribution is -0.116. The molecule has 2 aromatic heterocycles. The molecule has 25 heavy (non-hydrogen) atoms. The van der Waals surface area contributed by atoms with E-state index >= 15 is 0 Å². The summed E-state index contributed by atoms with van der Waals surface area (Å²) in [6, 6.07) is 6.77. The molecule has 0 spiro atoms. The van der Waals surface area contributed by atoms with E-state index in [-0.39, 0.29) is 11.7 Å². The van der Waals surface area contributed by atoms with Crippen LogP contribution >= 0.6 is 11.3 Å². The molecule has 0 aliphatic heterocycles. The average Bonchev–Trinajstić information content (AvgIpc) is 3.12. The zero-order chi connectivity index (χ0) is 18.0.